The van der Waals surface area contributed by atoms with Gasteiger partial charge in [-0.15, -0.1) is 0 Å². The van der Waals surface area contributed by atoms with Crippen molar-refractivity contribution in [3.05, 3.63) is 72.4 Å². The molecule has 5 heteroatoms. The number of para-hydroxylation sites is 1. The van der Waals surface area contributed by atoms with E-state index in [1.54, 1.807) is 0 Å². The molecule has 1 fully saturated rings. The minimum atomic E-state index is -0.507. The molecule has 3 aromatic rings. The summed E-state index contributed by atoms with van der Waals surface area (Å²) in [4.78, 5) is 21.7. The monoisotopic (exact) mass is 403 g/mol. The SMILES string of the molecule is CC(C)(C)OC(=O)N1CCN(c2ccnc3ccccc23)CC1Cc1ccccc1. The lowest BCUT2D eigenvalue weighted by Crippen LogP contribution is -2.57. The highest BCUT2D eigenvalue weighted by atomic mass is 16.6. The molecule has 0 N–H and O–H groups in total. The molecule has 1 amide bonds. The lowest BCUT2D eigenvalue weighted by atomic mass is 10.0. The van der Waals surface area contributed by atoms with Crippen molar-refractivity contribution in [3.63, 3.8) is 0 Å². The molecule has 156 valence electrons. The molecule has 1 aromatic heterocycles. The van der Waals surface area contributed by atoms with E-state index in [-0.39, 0.29) is 12.1 Å². The summed E-state index contributed by atoms with van der Waals surface area (Å²) in [7, 11) is 0. The molecule has 1 unspecified atom stereocenters. The molecule has 0 bridgehead atoms. The maximum absolute atomic E-state index is 12.9. The zero-order valence-electron chi connectivity index (χ0n) is 17.9. The Kier molecular flexibility index (Phi) is 5.62. The number of nitrogens with zero attached hydrogens (tertiary/aromatic N) is 3. The number of benzene rings is 2. The minimum absolute atomic E-state index is 0.0305. The second kappa shape index (κ2) is 8.34. The van der Waals surface area contributed by atoms with Gasteiger partial charge in [-0.25, -0.2) is 4.79 Å². The summed E-state index contributed by atoms with van der Waals surface area (Å²) < 4.78 is 5.71. The van der Waals surface area contributed by atoms with Crippen LogP contribution in [-0.2, 0) is 11.2 Å². The number of pyridine rings is 1. The first-order valence-corrected chi connectivity index (χ1v) is 10.5. The summed E-state index contributed by atoms with van der Waals surface area (Å²) in [5, 5.41) is 1.14. The number of hydrogen-bond acceptors (Lipinski definition) is 4. The lowest BCUT2D eigenvalue weighted by molar-refractivity contribution is 0.0141. The number of anilines is 1. The van der Waals surface area contributed by atoms with Gasteiger partial charge in [0.15, 0.2) is 0 Å². The molecule has 1 saturated heterocycles. The highest BCUT2D eigenvalue weighted by Crippen LogP contribution is 2.28. The molecule has 0 aliphatic carbocycles. The topological polar surface area (TPSA) is 45.7 Å². The summed E-state index contributed by atoms with van der Waals surface area (Å²) >= 11 is 0. The van der Waals surface area contributed by atoms with Gasteiger partial charge in [-0.1, -0.05) is 48.5 Å². The molecule has 30 heavy (non-hydrogen) atoms. The van der Waals surface area contributed by atoms with Crippen LogP contribution in [0.5, 0.6) is 0 Å². The van der Waals surface area contributed by atoms with Crippen molar-refractivity contribution in [2.45, 2.75) is 38.8 Å². The number of carbonyl (C=O) groups excluding carboxylic acids is 1. The zero-order valence-corrected chi connectivity index (χ0v) is 17.9. The molecule has 1 aliphatic rings. The largest absolute Gasteiger partial charge is 0.444 e. The first kappa shape index (κ1) is 20.2. The average molecular weight is 404 g/mol. The number of fused-ring (bicyclic) bond motifs is 1. The summed E-state index contributed by atoms with van der Waals surface area (Å²) in [5.41, 5.74) is 2.87. The molecule has 2 aromatic carbocycles. The number of carbonyl (C=O) groups is 1. The number of aromatic nitrogens is 1. The van der Waals surface area contributed by atoms with E-state index >= 15 is 0 Å². The molecule has 0 saturated carbocycles. The molecule has 2 heterocycles. The highest BCUT2D eigenvalue weighted by Gasteiger charge is 2.34. The van der Waals surface area contributed by atoms with Crippen molar-refractivity contribution in [2.75, 3.05) is 24.5 Å². The minimum Gasteiger partial charge on any atom is -0.444 e. The maximum atomic E-state index is 12.9. The Morgan fingerprint density at radius 1 is 1.03 bits per heavy atom. The quantitative estimate of drug-likeness (QED) is 0.624. The fourth-order valence-electron chi connectivity index (χ4n) is 4.05. The smallest absolute Gasteiger partial charge is 0.410 e. The van der Waals surface area contributed by atoms with Crippen molar-refractivity contribution in [3.8, 4) is 0 Å². The normalized spacial score (nSPS) is 17.2. The first-order chi connectivity index (χ1) is 14.4. The summed E-state index contributed by atoms with van der Waals surface area (Å²) in [6, 6.07) is 20.7. The van der Waals surface area contributed by atoms with Gasteiger partial charge in [0.2, 0.25) is 0 Å². The second-order valence-corrected chi connectivity index (χ2v) is 8.81. The number of ether oxygens (including phenoxy) is 1. The van der Waals surface area contributed by atoms with Gasteiger partial charge in [0.25, 0.3) is 0 Å². The van der Waals surface area contributed by atoms with Crippen LogP contribution >= 0.6 is 0 Å². The Morgan fingerprint density at radius 3 is 2.53 bits per heavy atom. The van der Waals surface area contributed by atoms with Crippen LogP contribution in [0.15, 0.2) is 66.9 Å². The Hall–Kier alpha value is -3.08. The standard InChI is InChI=1S/C25H29N3O2/c1-25(2,3)30-24(29)28-16-15-27(18-20(28)17-19-9-5-4-6-10-19)23-13-14-26-22-12-8-7-11-21(22)23/h4-14,20H,15-18H2,1-3H3. The van der Waals surface area contributed by atoms with Gasteiger partial charge in [-0.2, -0.15) is 0 Å². The first-order valence-electron chi connectivity index (χ1n) is 10.5. The molecule has 0 radical (unpaired) electrons. The number of hydrogen-bond donors (Lipinski definition) is 0. The van der Waals surface area contributed by atoms with Crippen molar-refractivity contribution in [1.82, 2.24) is 9.88 Å². The van der Waals surface area contributed by atoms with E-state index in [0.29, 0.717) is 6.54 Å². The molecule has 5 nitrogen and oxygen atoms in total. The Bertz CT molecular complexity index is 1010. The van der Waals surface area contributed by atoms with Crippen molar-refractivity contribution in [2.24, 2.45) is 0 Å². The van der Waals surface area contributed by atoms with Gasteiger partial charge in [0.05, 0.1) is 11.6 Å². The Morgan fingerprint density at radius 2 is 1.77 bits per heavy atom. The summed E-state index contributed by atoms with van der Waals surface area (Å²) in [6.07, 6.45) is 2.42. The van der Waals surface area contributed by atoms with E-state index in [4.69, 9.17) is 4.74 Å². The van der Waals surface area contributed by atoms with Crippen LogP contribution in [0.4, 0.5) is 10.5 Å². The predicted molar refractivity (Wildman–Crippen MR) is 121 cm³/mol. The van der Waals surface area contributed by atoms with E-state index in [1.165, 1.54) is 11.3 Å². The van der Waals surface area contributed by atoms with Crippen molar-refractivity contribution >= 4 is 22.7 Å². The predicted octanol–water partition coefficient (Wildman–Crippen LogP) is 4.90. The third kappa shape index (κ3) is 4.56. The Labute approximate surface area is 178 Å². The second-order valence-electron chi connectivity index (χ2n) is 8.81. The van der Waals surface area contributed by atoms with E-state index < -0.39 is 5.60 Å². The van der Waals surface area contributed by atoms with Gasteiger partial charge < -0.3 is 14.5 Å². The number of piperazine rings is 1. The average Bonchev–Trinajstić information content (AvgIpc) is 2.73. The number of amides is 1. The fraction of sp³-hybridized carbons (Fsp3) is 0.360. The maximum Gasteiger partial charge on any atom is 0.410 e. The van der Waals surface area contributed by atoms with Crippen molar-refractivity contribution < 1.29 is 9.53 Å². The molecular weight excluding hydrogens is 374 g/mol. The van der Waals surface area contributed by atoms with Crippen molar-refractivity contribution in [1.29, 1.82) is 0 Å². The summed E-state index contributed by atoms with van der Waals surface area (Å²) in [5.74, 6) is 0. The molecule has 1 atom stereocenters. The van der Waals surface area contributed by atoms with Crippen LogP contribution in [-0.4, -0.2) is 47.3 Å². The summed E-state index contributed by atoms with van der Waals surface area (Å²) in [6.45, 7) is 7.88. The van der Waals surface area contributed by atoms with Crippen LogP contribution in [0.1, 0.15) is 26.3 Å². The van der Waals surface area contributed by atoms with Gasteiger partial charge in [0.1, 0.15) is 5.60 Å². The van der Waals surface area contributed by atoms with Crippen LogP contribution in [0.2, 0.25) is 0 Å². The third-order valence-corrected chi connectivity index (χ3v) is 5.39. The highest BCUT2D eigenvalue weighted by molar-refractivity contribution is 5.91. The van der Waals surface area contributed by atoms with Gasteiger partial charge in [-0.3, -0.25) is 4.98 Å². The van der Waals surface area contributed by atoms with E-state index in [0.717, 1.165) is 30.4 Å². The molecule has 4 rings (SSSR count). The zero-order chi connectivity index (χ0) is 21.1. The van der Waals surface area contributed by atoms with Gasteiger partial charge in [-0.05, 0) is 44.9 Å². The molecular formula is C25H29N3O2. The molecule has 1 aliphatic heterocycles. The van der Waals surface area contributed by atoms with Crippen LogP contribution in [0.25, 0.3) is 10.9 Å². The molecule has 0 spiro atoms. The van der Waals surface area contributed by atoms with Crippen LogP contribution < -0.4 is 4.90 Å². The van der Waals surface area contributed by atoms with Gasteiger partial charge in [0, 0.05) is 36.9 Å². The Balaban J connectivity index is 1.62. The van der Waals surface area contributed by atoms with E-state index in [1.807, 2.05) is 68.3 Å². The van der Waals surface area contributed by atoms with Gasteiger partial charge >= 0.3 is 6.09 Å². The van der Waals surface area contributed by atoms with Crippen LogP contribution in [0, 0.1) is 0 Å². The van der Waals surface area contributed by atoms with E-state index in [9.17, 15) is 4.79 Å². The third-order valence-electron chi connectivity index (χ3n) is 5.39. The van der Waals surface area contributed by atoms with E-state index in [2.05, 4.69) is 34.1 Å². The van der Waals surface area contributed by atoms with Crippen LogP contribution in [0.3, 0.4) is 0 Å². The lowest BCUT2D eigenvalue weighted by Gasteiger charge is -2.43. The number of rotatable bonds is 3. The fourth-order valence-corrected chi connectivity index (χ4v) is 4.05.